The molecule has 0 saturated heterocycles. The number of aromatic nitrogens is 2. The molecule has 2 rings (SSSR count). The summed E-state index contributed by atoms with van der Waals surface area (Å²) in [4.78, 5) is 12.6. The molecule has 3 nitrogen and oxygen atoms in total. The number of hydrogen-bond donors (Lipinski definition) is 0. The summed E-state index contributed by atoms with van der Waals surface area (Å²) in [7, 11) is 1.90. The zero-order chi connectivity index (χ0) is 13.3. The van der Waals surface area contributed by atoms with Crippen molar-refractivity contribution in [2.45, 2.75) is 23.8 Å². The summed E-state index contributed by atoms with van der Waals surface area (Å²) in [5, 5.41) is 5.33. The van der Waals surface area contributed by atoms with Crippen LogP contribution in [-0.4, -0.2) is 15.6 Å². The summed E-state index contributed by atoms with van der Waals surface area (Å²) in [6, 6.07) is 7.76. The Bertz CT molecular complexity index is 607. The largest absolute Gasteiger partial charge is 0.294 e. The number of nitrogens with zero attached hydrogens (tertiary/aromatic N) is 2. The molecular formula is C13H13BrN2OS. The molecule has 0 amide bonds. The molecule has 1 heterocycles. The minimum atomic E-state index is 0.0673. The number of carbonyl (C=O) groups excluding carboxylic acids is 1. The third-order valence-electron chi connectivity index (χ3n) is 2.49. The van der Waals surface area contributed by atoms with Crippen LogP contribution in [0.4, 0.5) is 0 Å². The average Bonchev–Trinajstić information content (AvgIpc) is 2.60. The average molecular weight is 325 g/mol. The number of halogens is 1. The number of aryl methyl sites for hydroxylation is 2. The normalized spacial score (nSPS) is 10.7. The Kier molecular flexibility index (Phi) is 3.92. The van der Waals surface area contributed by atoms with Crippen LogP contribution in [0.5, 0.6) is 0 Å². The van der Waals surface area contributed by atoms with Crippen molar-refractivity contribution in [2.24, 2.45) is 7.05 Å². The first kappa shape index (κ1) is 13.4. The Morgan fingerprint density at radius 3 is 2.67 bits per heavy atom. The van der Waals surface area contributed by atoms with Crippen LogP contribution in [0.1, 0.15) is 23.0 Å². The highest BCUT2D eigenvalue weighted by Gasteiger charge is 2.11. The Morgan fingerprint density at radius 1 is 1.39 bits per heavy atom. The molecule has 2 aromatic rings. The van der Waals surface area contributed by atoms with Crippen molar-refractivity contribution in [1.82, 2.24) is 9.78 Å². The van der Waals surface area contributed by atoms with E-state index in [1.807, 2.05) is 42.9 Å². The molecule has 0 aliphatic rings. The van der Waals surface area contributed by atoms with Gasteiger partial charge in [-0.2, -0.15) is 5.10 Å². The van der Waals surface area contributed by atoms with Gasteiger partial charge in [0.2, 0.25) is 0 Å². The maximum atomic E-state index is 11.6. The summed E-state index contributed by atoms with van der Waals surface area (Å²) < 4.78 is 2.74. The molecule has 0 radical (unpaired) electrons. The van der Waals surface area contributed by atoms with E-state index in [4.69, 9.17) is 0 Å². The highest BCUT2D eigenvalue weighted by atomic mass is 79.9. The van der Waals surface area contributed by atoms with Gasteiger partial charge in [-0.25, -0.2) is 0 Å². The standard InChI is InChI=1S/C13H13BrN2OS/c1-8-6-13(16(3)15-8)18-12-5-4-10(14)7-11(12)9(2)17/h4-7H,1-3H3. The zero-order valence-corrected chi connectivity index (χ0v) is 12.8. The first-order valence-corrected chi connectivity index (χ1v) is 7.07. The number of Topliss-reactive ketones (excluding diaryl/α,β-unsaturated/α-hetero) is 1. The molecule has 0 fully saturated rings. The molecule has 0 bridgehead atoms. The van der Waals surface area contributed by atoms with Crippen LogP contribution in [0.25, 0.3) is 0 Å². The lowest BCUT2D eigenvalue weighted by molar-refractivity contribution is 0.101. The van der Waals surface area contributed by atoms with Crippen LogP contribution < -0.4 is 0 Å². The molecule has 0 unspecified atom stereocenters. The third-order valence-corrected chi connectivity index (χ3v) is 4.15. The van der Waals surface area contributed by atoms with Gasteiger partial charge in [-0.1, -0.05) is 27.7 Å². The van der Waals surface area contributed by atoms with Gasteiger partial charge >= 0.3 is 0 Å². The molecule has 0 saturated carbocycles. The van der Waals surface area contributed by atoms with Crippen LogP contribution in [0, 0.1) is 6.92 Å². The minimum absolute atomic E-state index is 0.0673. The van der Waals surface area contributed by atoms with Gasteiger partial charge in [0.05, 0.1) is 10.7 Å². The van der Waals surface area contributed by atoms with E-state index in [0.717, 1.165) is 25.7 Å². The van der Waals surface area contributed by atoms with Crippen LogP contribution >= 0.6 is 27.7 Å². The molecule has 5 heteroatoms. The van der Waals surface area contributed by atoms with Crippen molar-refractivity contribution >= 4 is 33.5 Å². The molecule has 94 valence electrons. The predicted octanol–water partition coefficient (Wildman–Crippen LogP) is 3.84. The van der Waals surface area contributed by atoms with Gasteiger partial charge in [-0.3, -0.25) is 9.48 Å². The van der Waals surface area contributed by atoms with Crippen LogP contribution in [0.2, 0.25) is 0 Å². The highest BCUT2D eigenvalue weighted by molar-refractivity contribution is 9.10. The second kappa shape index (κ2) is 5.28. The fourth-order valence-electron chi connectivity index (χ4n) is 1.66. The molecule has 0 atom stereocenters. The number of benzene rings is 1. The van der Waals surface area contributed by atoms with Crippen LogP contribution in [0.3, 0.4) is 0 Å². The first-order valence-electron chi connectivity index (χ1n) is 5.46. The molecule has 1 aromatic carbocycles. The van der Waals surface area contributed by atoms with E-state index in [-0.39, 0.29) is 5.78 Å². The molecule has 0 N–H and O–H groups in total. The summed E-state index contributed by atoms with van der Waals surface area (Å²) in [5.74, 6) is 0.0673. The molecule has 18 heavy (non-hydrogen) atoms. The summed E-state index contributed by atoms with van der Waals surface area (Å²) in [6.45, 7) is 3.54. The Hall–Kier alpha value is -1.07. The van der Waals surface area contributed by atoms with Gasteiger partial charge < -0.3 is 0 Å². The Morgan fingerprint density at radius 2 is 2.11 bits per heavy atom. The lowest BCUT2D eigenvalue weighted by atomic mass is 10.1. The third kappa shape index (κ3) is 2.84. The van der Waals surface area contributed by atoms with Crippen molar-refractivity contribution in [3.63, 3.8) is 0 Å². The Labute approximate surface area is 119 Å². The molecule has 0 spiro atoms. The molecule has 1 aromatic heterocycles. The molecule has 0 aliphatic carbocycles. The fraction of sp³-hybridized carbons (Fsp3) is 0.231. The van der Waals surface area contributed by atoms with Crippen molar-refractivity contribution < 1.29 is 4.79 Å². The Balaban J connectivity index is 2.40. The van der Waals surface area contributed by atoms with E-state index in [1.54, 1.807) is 18.7 Å². The van der Waals surface area contributed by atoms with E-state index in [0.29, 0.717) is 0 Å². The smallest absolute Gasteiger partial charge is 0.160 e. The highest BCUT2D eigenvalue weighted by Crippen LogP contribution is 2.32. The van der Waals surface area contributed by atoms with Gasteiger partial charge in [-0.15, -0.1) is 0 Å². The topological polar surface area (TPSA) is 34.9 Å². The number of hydrogen-bond acceptors (Lipinski definition) is 3. The number of carbonyl (C=O) groups is 1. The van der Waals surface area contributed by atoms with Crippen LogP contribution in [-0.2, 0) is 7.05 Å². The van der Waals surface area contributed by atoms with E-state index >= 15 is 0 Å². The SMILES string of the molecule is CC(=O)c1cc(Br)ccc1Sc1cc(C)nn1C. The number of rotatable bonds is 3. The van der Waals surface area contributed by atoms with Gasteiger partial charge in [0.15, 0.2) is 5.78 Å². The monoisotopic (exact) mass is 324 g/mol. The van der Waals surface area contributed by atoms with Gasteiger partial charge in [0.1, 0.15) is 0 Å². The van der Waals surface area contributed by atoms with Crippen molar-refractivity contribution in [2.75, 3.05) is 0 Å². The second-order valence-electron chi connectivity index (χ2n) is 4.05. The summed E-state index contributed by atoms with van der Waals surface area (Å²) in [6.07, 6.45) is 0. The van der Waals surface area contributed by atoms with E-state index in [2.05, 4.69) is 21.0 Å². The van der Waals surface area contributed by atoms with Gasteiger partial charge in [-0.05, 0) is 38.1 Å². The predicted molar refractivity (Wildman–Crippen MR) is 76.2 cm³/mol. The fourth-order valence-corrected chi connectivity index (χ4v) is 3.10. The lowest BCUT2D eigenvalue weighted by Gasteiger charge is -2.07. The lowest BCUT2D eigenvalue weighted by Crippen LogP contribution is -1.97. The van der Waals surface area contributed by atoms with E-state index in [1.165, 1.54) is 0 Å². The van der Waals surface area contributed by atoms with Gasteiger partial charge in [0, 0.05) is 22.0 Å². The zero-order valence-electron chi connectivity index (χ0n) is 10.4. The first-order chi connectivity index (χ1) is 8.47. The maximum absolute atomic E-state index is 11.6. The van der Waals surface area contributed by atoms with E-state index in [9.17, 15) is 4.79 Å². The van der Waals surface area contributed by atoms with E-state index < -0.39 is 0 Å². The minimum Gasteiger partial charge on any atom is -0.294 e. The van der Waals surface area contributed by atoms with Crippen molar-refractivity contribution in [1.29, 1.82) is 0 Å². The van der Waals surface area contributed by atoms with Crippen molar-refractivity contribution in [3.8, 4) is 0 Å². The maximum Gasteiger partial charge on any atom is 0.160 e. The van der Waals surface area contributed by atoms with Crippen LogP contribution in [0.15, 0.2) is 38.7 Å². The molecular weight excluding hydrogens is 312 g/mol. The second-order valence-corrected chi connectivity index (χ2v) is 6.02. The quantitative estimate of drug-likeness (QED) is 0.804. The molecule has 0 aliphatic heterocycles. The summed E-state index contributed by atoms with van der Waals surface area (Å²) in [5.41, 5.74) is 1.70. The van der Waals surface area contributed by atoms with Gasteiger partial charge in [0.25, 0.3) is 0 Å². The summed E-state index contributed by atoms with van der Waals surface area (Å²) >= 11 is 4.95. The number of ketones is 1. The van der Waals surface area contributed by atoms with Crippen molar-refractivity contribution in [3.05, 3.63) is 40.0 Å².